The van der Waals surface area contributed by atoms with Gasteiger partial charge in [-0.2, -0.15) is 0 Å². The molecule has 0 aromatic heterocycles. The van der Waals surface area contributed by atoms with E-state index in [0.717, 1.165) is 0 Å². The van der Waals surface area contributed by atoms with Crippen LogP contribution in [0.25, 0.3) is 0 Å². The van der Waals surface area contributed by atoms with E-state index in [1.54, 1.807) is 0 Å². The number of fused-ring (bicyclic) bond motifs is 3. The Hall–Kier alpha value is -3.02. The number of Topliss-reactive ketones (excluding diaryl/α,β-unsaturated/α-hetero) is 1. The molecule has 3 aliphatic rings. The van der Waals surface area contributed by atoms with Crippen molar-refractivity contribution in [3.05, 3.63) is 51.6 Å². The summed E-state index contributed by atoms with van der Waals surface area (Å²) in [6.45, 7) is 3.04. The Labute approximate surface area is 229 Å². The summed E-state index contributed by atoms with van der Waals surface area (Å²) in [7, 11) is 1.35. The summed E-state index contributed by atoms with van der Waals surface area (Å²) in [5.41, 5.74) is -2.78. The first-order chi connectivity index (χ1) is 18.4. The number of rotatable bonds is 5. The highest BCUT2D eigenvalue weighted by Gasteiger charge is 2.49. The Morgan fingerprint density at radius 2 is 1.79 bits per heavy atom. The smallest absolute Gasteiger partial charge is 0.202 e. The van der Waals surface area contributed by atoms with Crippen LogP contribution >= 0.6 is 11.8 Å². The molecule has 2 aromatic rings. The van der Waals surface area contributed by atoms with Gasteiger partial charge in [-0.25, -0.2) is 4.84 Å². The molecule has 1 fully saturated rings. The Bertz CT molecular complexity index is 1390. The number of aliphatic hydroxyl groups is 2. The molecule has 0 radical (unpaired) electrons. The first-order valence-electron chi connectivity index (χ1n) is 12.7. The predicted octanol–water partition coefficient (Wildman–Crippen LogP) is 2.48. The molecule has 0 spiro atoms. The summed E-state index contributed by atoms with van der Waals surface area (Å²) in [5, 5.41) is 44.6. The number of hydrogen-bond donors (Lipinski definition) is 5. The summed E-state index contributed by atoms with van der Waals surface area (Å²) >= 11 is 5.83. The average Bonchev–Trinajstić information content (AvgIpc) is 2.90. The summed E-state index contributed by atoms with van der Waals surface area (Å²) < 4.78 is 11.6. The van der Waals surface area contributed by atoms with E-state index in [9.17, 15) is 34.8 Å². The van der Waals surface area contributed by atoms with Crippen molar-refractivity contribution in [1.82, 2.24) is 4.84 Å². The van der Waals surface area contributed by atoms with E-state index in [2.05, 4.69) is 4.84 Å². The molecule has 1 saturated carbocycles. The van der Waals surface area contributed by atoms with E-state index in [1.807, 2.05) is 6.92 Å². The Balaban J connectivity index is 1.67. The number of aliphatic hydroxyl groups excluding tert-OH is 1. The summed E-state index contributed by atoms with van der Waals surface area (Å²) in [6.07, 6.45) is -2.29. The zero-order valence-electron chi connectivity index (χ0n) is 21.7. The van der Waals surface area contributed by atoms with Crippen LogP contribution in [0.2, 0.25) is 0 Å². The first kappa shape index (κ1) is 27.5. The number of hydrogen-bond acceptors (Lipinski definition) is 10. The number of methoxy groups -OCH3 is 1. The molecular formula is C28H30ClNO9. The largest absolute Gasteiger partial charge is 0.507 e. The Kier molecular flexibility index (Phi) is 6.97. The third-order valence-electron chi connectivity index (χ3n) is 8.37. The molecule has 0 heterocycles. The molecule has 0 amide bonds. The zero-order valence-corrected chi connectivity index (χ0v) is 22.4. The second kappa shape index (κ2) is 9.87. The number of phenolic OH excluding ortho intramolecular Hbond substituents is 2. The topological polar surface area (TPSA) is 163 Å². The summed E-state index contributed by atoms with van der Waals surface area (Å²) in [4.78, 5) is 42.3. The summed E-state index contributed by atoms with van der Waals surface area (Å²) in [5.74, 6) is -3.20. The highest BCUT2D eigenvalue weighted by molar-refractivity contribution is 6.31. The monoisotopic (exact) mass is 559 g/mol. The second-order valence-corrected chi connectivity index (χ2v) is 11.0. The fourth-order valence-electron chi connectivity index (χ4n) is 6.22. The molecule has 5 N–H and O–H groups in total. The SMILES string of the molecule is COc1cccc2c1C(=O)c1c(O)c3c(c(O)c1C2=O)C[C@@](O)(C(C)=O)C[C@@H]3OC1CC(C)C(O)C(NCl)C1. The predicted molar refractivity (Wildman–Crippen MR) is 138 cm³/mol. The molecule has 6 atom stereocenters. The standard InChI is InChI=1S/C28H30ClNO9/c1-11-7-13(8-16(30-29)23(11)32)39-18-10-28(37,12(2)31)9-15-20(18)27(36)22-21(25(15)34)24(33)14-5-4-6-17(38-3)19(14)26(22)35/h4-6,11,13,16,18,23,30,32,34,36-37H,7-10H2,1-3H3/t11?,13?,16?,18-,23?,28-/m0/s1. The number of ketones is 3. The minimum Gasteiger partial charge on any atom is -0.507 e. The molecule has 0 aliphatic heterocycles. The zero-order chi connectivity index (χ0) is 28.4. The van der Waals surface area contributed by atoms with Crippen LogP contribution in [-0.2, 0) is 16.0 Å². The van der Waals surface area contributed by atoms with Gasteiger partial charge in [-0.1, -0.05) is 19.1 Å². The lowest BCUT2D eigenvalue weighted by atomic mass is 9.72. The van der Waals surface area contributed by atoms with Crippen LogP contribution < -0.4 is 9.57 Å². The van der Waals surface area contributed by atoms with Gasteiger partial charge in [0.1, 0.15) is 22.8 Å². The molecule has 4 unspecified atom stereocenters. The molecule has 208 valence electrons. The third-order valence-corrected chi connectivity index (χ3v) is 8.66. The maximum atomic E-state index is 13.7. The quantitative estimate of drug-likeness (QED) is 0.232. The van der Waals surface area contributed by atoms with Crippen LogP contribution in [-0.4, -0.2) is 68.7 Å². The fourth-order valence-corrected chi connectivity index (χ4v) is 6.44. The lowest BCUT2D eigenvalue weighted by Crippen LogP contribution is -2.49. The normalized spacial score (nSPS) is 29.8. The highest BCUT2D eigenvalue weighted by Crippen LogP contribution is 2.52. The lowest BCUT2D eigenvalue weighted by Gasteiger charge is -2.42. The third kappa shape index (κ3) is 4.22. The molecule has 5 rings (SSSR count). The van der Waals surface area contributed by atoms with E-state index >= 15 is 0 Å². The number of phenols is 2. The average molecular weight is 560 g/mol. The van der Waals surface area contributed by atoms with Crippen LogP contribution in [0.4, 0.5) is 0 Å². The molecule has 39 heavy (non-hydrogen) atoms. The van der Waals surface area contributed by atoms with Crippen molar-refractivity contribution in [2.24, 2.45) is 5.92 Å². The van der Waals surface area contributed by atoms with Crippen molar-refractivity contribution >= 4 is 29.1 Å². The first-order valence-corrected chi connectivity index (χ1v) is 13.1. The van der Waals surface area contributed by atoms with Gasteiger partial charge in [0.15, 0.2) is 11.6 Å². The minimum atomic E-state index is -1.96. The Morgan fingerprint density at radius 1 is 1.10 bits per heavy atom. The van der Waals surface area contributed by atoms with Gasteiger partial charge in [0.05, 0.1) is 48.2 Å². The van der Waals surface area contributed by atoms with E-state index < -0.39 is 64.4 Å². The van der Waals surface area contributed by atoms with E-state index in [1.165, 1.54) is 32.2 Å². The van der Waals surface area contributed by atoms with Crippen LogP contribution in [0.5, 0.6) is 17.2 Å². The van der Waals surface area contributed by atoms with E-state index in [0.29, 0.717) is 12.8 Å². The van der Waals surface area contributed by atoms with Crippen molar-refractivity contribution in [2.45, 2.75) is 69.5 Å². The molecule has 0 bridgehead atoms. The number of nitrogens with one attached hydrogen (secondary N) is 1. The maximum absolute atomic E-state index is 13.7. The highest BCUT2D eigenvalue weighted by atomic mass is 35.5. The van der Waals surface area contributed by atoms with Crippen LogP contribution in [0.3, 0.4) is 0 Å². The minimum absolute atomic E-state index is 0.00121. The van der Waals surface area contributed by atoms with Crippen molar-refractivity contribution in [3.8, 4) is 17.2 Å². The number of carbonyl (C=O) groups excluding carboxylic acids is 3. The van der Waals surface area contributed by atoms with Crippen molar-refractivity contribution < 1.29 is 44.3 Å². The number of aromatic hydroxyl groups is 2. The molecular weight excluding hydrogens is 530 g/mol. The van der Waals surface area contributed by atoms with Gasteiger partial charge in [-0.3, -0.25) is 14.4 Å². The number of halogens is 1. The lowest BCUT2D eigenvalue weighted by molar-refractivity contribution is -0.146. The van der Waals surface area contributed by atoms with Gasteiger partial charge in [0.2, 0.25) is 5.78 Å². The summed E-state index contributed by atoms with van der Waals surface area (Å²) in [6, 6.07) is 3.98. The molecule has 11 heteroatoms. The van der Waals surface area contributed by atoms with Gasteiger partial charge >= 0.3 is 0 Å². The van der Waals surface area contributed by atoms with Crippen molar-refractivity contribution in [3.63, 3.8) is 0 Å². The fraction of sp³-hybridized carbons (Fsp3) is 0.464. The van der Waals surface area contributed by atoms with Gasteiger partial charge in [0, 0.05) is 29.5 Å². The van der Waals surface area contributed by atoms with Crippen molar-refractivity contribution in [2.75, 3.05) is 7.11 Å². The van der Waals surface area contributed by atoms with E-state index in [-0.39, 0.29) is 52.3 Å². The van der Waals surface area contributed by atoms with Gasteiger partial charge < -0.3 is 29.9 Å². The number of ether oxygens (including phenoxy) is 2. The Morgan fingerprint density at radius 3 is 2.44 bits per heavy atom. The maximum Gasteiger partial charge on any atom is 0.202 e. The van der Waals surface area contributed by atoms with E-state index in [4.69, 9.17) is 21.3 Å². The van der Waals surface area contributed by atoms with Crippen LogP contribution in [0.1, 0.15) is 82.2 Å². The van der Waals surface area contributed by atoms with Gasteiger partial charge in [-0.15, -0.1) is 0 Å². The van der Waals surface area contributed by atoms with Crippen LogP contribution in [0.15, 0.2) is 18.2 Å². The molecule has 2 aromatic carbocycles. The molecule has 3 aliphatic carbocycles. The number of benzene rings is 2. The molecule has 0 saturated heterocycles. The van der Waals surface area contributed by atoms with Gasteiger partial charge in [-0.05, 0) is 43.5 Å². The molecule has 10 nitrogen and oxygen atoms in total. The number of carbonyl (C=O) groups is 3. The van der Waals surface area contributed by atoms with Crippen LogP contribution in [0, 0.1) is 5.92 Å². The van der Waals surface area contributed by atoms with Gasteiger partial charge in [0.25, 0.3) is 0 Å². The van der Waals surface area contributed by atoms with Crippen molar-refractivity contribution in [1.29, 1.82) is 0 Å². The second-order valence-electron chi connectivity index (χ2n) is 10.8.